The molecule has 0 saturated heterocycles. The van der Waals surface area contributed by atoms with Gasteiger partial charge in [0, 0.05) is 10.8 Å². The van der Waals surface area contributed by atoms with Crippen LogP contribution in [0.5, 0.6) is 0 Å². The van der Waals surface area contributed by atoms with Gasteiger partial charge >= 0.3 is 0 Å². The van der Waals surface area contributed by atoms with Crippen LogP contribution in [0.4, 0.5) is 0 Å². The van der Waals surface area contributed by atoms with E-state index < -0.39 is 0 Å². The third-order valence-corrected chi connectivity index (χ3v) is 2.92. The number of nitrogens with zero attached hydrogens (tertiary/aromatic N) is 1. The maximum absolute atomic E-state index is 6.19. The number of benzene rings is 1. The summed E-state index contributed by atoms with van der Waals surface area (Å²) in [6.45, 7) is 2.01. The topological polar surface area (TPSA) is 12.9 Å². The zero-order valence-corrected chi connectivity index (χ0v) is 9.23. The molecule has 0 aliphatic heterocycles. The summed E-state index contributed by atoms with van der Waals surface area (Å²) in [5.74, 6) is 0. The Morgan fingerprint density at radius 2 is 1.79 bits per heavy atom. The van der Waals surface area contributed by atoms with Crippen LogP contribution in [0, 0.1) is 0 Å². The molecule has 0 spiro atoms. The average Bonchev–Trinajstić information content (AvgIpc) is 2.23. The highest BCUT2D eigenvalue weighted by atomic mass is 35.5. The van der Waals surface area contributed by atoms with E-state index in [2.05, 4.69) is 4.98 Å². The maximum atomic E-state index is 6.19. The van der Waals surface area contributed by atoms with Gasteiger partial charge in [0.1, 0.15) is 5.15 Å². The lowest BCUT2D eigenvalue weighted by molar-refractivity contribution is 1.05. The normalized spacial score (nSPS) is 10.8. The van der Waals surface area contributed by atoms with Crippen LogP contribution < -0.4 is 0 Å². The van der Waals surface area contributed by atoms with E-state index in [1.807, 2.05) is 31.2 Å². The van der Waals surface area contributed by atoms with Gasteiger partial charge in [0.2, 0.25) is 0 Å². The van der Waals surface area contributed by atoms with Crippen molar-refractivity contribution in [3.8, 4) is 0 Å². The fourth-order valence-corrected chi connectivity index (χ4v) is 2.08. The molecule has 0 fully saturated rings. The monoisotopic (exact) mass is 225 g/mol. The summed E-state index contributed by atoms with van der Waals surface area (Å²) in [6.07, 6.45) is 0.795. The smallest absolute Gasteiger partial charge is 0.137 e. The Bertz CT molecular complexity index is 480. The van der Waals surface area contributed by atoms with E-state index in [9.17, 15) is 0 Å². The number of rotatable bonds is 1. The second kappa shape index (κ2) is 3.76. The molecule has 0 atom stereocenters. The minimum Gasteiger partial charge on any atom is -0.239 e. The standard InChI is InChI=1S/C11H9Cl2N/c1-2-9-10(12)7-5-3-4-6-8(7)11(13)14-9/h3-6H,2H2,1H3. The molecule has 1 nitrogen and oxygen atoms in total. The van der Waals surface area contributed by atoms with Gasteiger partial charge in [-0.2, -0.15) is 0 Å². The van der Waals surface area contributed by atoms with Gasteiger partial charge in [0.05, 0.1) is 10.7 Å². The molecule has 2 aromatic rings. The Balaban J connectivity index is 2.87. The number of hydrogen-bond acceptors (Lipinski definition) is 1. The van der Waals surface area contributed by atoms with Gasteiger partial charge in [-0.05, 0) is 6.42 Å². The zero-order valence-electron chi connectivity index (χ0n) is 7.72. The van der Waals surface area contributed by atoms with E-state index >= 15 is 0 Å². The lowest BCUT2D eigenvalue weighted by Crippen LogP contribution is -1.91. The van der Waals surface area contributed by atoms with E-state index in [4.69, 9.17) is 23.2 Å². The van der Waals surface area contributed by atoms with Crippen LogP contribution in [0.1, 0.15) is 12.6 Å². The summed E-state index contributed by atoms with van der Waals surface area (Å²) in [7, 11) is 0. The molecule has 1 aromatic carbocycles. The molecule has 3 heteroatoms. The Hall–Kier alpha value is -0.790. The predicted octanol–water partition coefficient (Wildman–Crippen LogP) is 4.10. The van der Waals surface area contributed by atoms with Crippen LogP contribution in [0.2, 0.25) is 10.2 Å². The molecule has 0 radical (unpaired) electrons. The van der Waals surface area contributed by atoms with Crippen molar-refractivity contribution in [1.29, 1.82) is 0 Å². The van der Waals surface area contributed by atoms with Crippen molar-refractivity contribution in [1.82, 2.24) is 4.98 Å². The van der Waals surface area contributed by atoms with Crippen molar-refractivity contribution in [2.75, 3.05) is 0 Å². The molecule has 0 unspecified atom stereocenters. The van der Waals surface area contributed by atoms with E-state index in [1.165, 1.54) is 0 Å². The summed E-state index contributed by atoms with van der Waals surface area (Å²) >= 11 is 12.2. The van der Waals surface area contributed by atoms with Gasteiger partial charge in [0.15, 0.2) is 0 Å². The van der Waals surface area contributed by atoms with Crippen molar-refractivity contribution >= 4 is 34.0 Å². The molecule has 0 aliphatic rings. The minimum atomic E-state index is 0.529. The van der Waals surface area contributed by atoms with E-state index in [0.717, 1.165) is 22.9 Å². The predicted molar refractivity (Wildman–Crippen MR) is 61.1 cm³/mol. The number of halogens is 2. The maximum Gasteiger partial charge on any atom is 0.137 e. The fourth-order valence-electron chi connectivity index (χ4n) is 1.47. The first kappa shape index (κ1) is 9.75. The summed E-state index contributed by atoms with van der Waals surface area (Å²) < 4.78 is 0. The average molecular weight is 226 g/mol. The Morgan fingerprint density at radius 1 is 1.14 bits per heavy atom. The summed E-state index contributed by atoms with van der Waals surface area (Å²) in [4.78, 5) is 4.25. The fraction of sp³-hybridized carbons (Fsp3) is 0.182. The van der Waals surface area contributed by atoms with Gasteiger partial charge < -0.3 is 0 Å². The van der Waals surface area contributed by atoms with Crippen molar-refractivity contribution < 1.29 is 0 Å². The molecule has 0 aliphatic carbocycles. The van der Waals surface area contributed by atoms with Gasteiger partial charge in [-0.25, -0.2) is 4.98 Å². The molecule has 0 amide bonds. The molecule has 0 bridgehead atoms. The van der Waals surface area contributed by atoms with Crippen LogP contribution >= 0.6 is 23.2 Å². The van der Waals surface area contributed by atoms with Crippen LogP contribution in [-0.4, -0.2) is 4.98 Å². The van der Waals surface area contributed by atoms with E-state index in [0.29, 0.717) is 10.2 Å². The minimum absolute atomic E-state index is 0.529. The molecule has 72 valence electrons. The third-order valence-electron chi connectivity index (χ3n) is 2.21. The quantitative estimate of drug-likeness (QED) is 0.667. The molecule has 1 heterocycles. The zero-order chi connectivity index (χ0) is 10.1. The first-order valence-corrected chi connectivity index (χ1v) is 5.22. The van der Waals surface area contributed by atoms with Crippen molar-refractivity contribution in [3.63, 3.8) is 0 Å². The molecule has 0 saturated carbocycles. The molecule has 0 N–H and O–H groups in total. The Morgan fingerprint density at radius 3 is 2.43 bits per heavy atom. The van der Waals surface area contributed by atoms with Crippen LogP contribution in [0.15, 0.2) is 24.3 Å². The lowest BCUT2D eigenvalue weighted by atomic mass is 10.1. The summed E-state index contributed by atoms with van der Waals surface area (Å²) in [5.41, 5.74) is 0.857. The van der Waals surface area contributed by atoms with Gasteiger partial charge in [-0.1, -0.05) is 54.4 Å². The van der Waals surface area contributed by atoms with Gasteiger partial charge in [0.25, 0.3) is 0 Å². The van der Waals surface area contributed by atoms with E-state index in [-0.39, 0.29) is 0 Å². The second-order valence-corrected chi connectivity index (χ2v) is 3.80. The molecule has 2 rings (SSSR count). The highest BCUT2D eigenvalue weighted by Crippen LogP contribution is 2.30. The van der Waals surface area contributed by atoms with Crippen LogP contribution in [0.25, 0.3) is 10.8 Å². The molecule has 1 aromatic heterocycles. The molecule has 14 heavy (non-hydrogen) atoms. The second-order valence-electron chi connectivity index (χ2n) is 3.06. The van der Waals surface area contributed by atoms with Crippen LogP contribution in [0.3, 0.4) is 0 Å². The number of hydrogen-bond donors (Lipinski definition) is 0. The van der Waals surface area contributed by atoms with Crippen LogP contribution in [-0.2, 0) is 6.42 Å². The summed E-state index contributed by atoms with van der Waals surface area (Å²) in [6, 6.07) is 7.77. The molecular formula is C11H9Cl2N. The molecular weight excluding hydrogens is 217 g/mol. The van der Waals surface area contributed by atoms with E-state index in [1.54, 1.807) is 0 Å². The van der Waals surface area contributed by atoms with Gasteiger partial charge in [-0.3, -0.25) is 0 Å². The van der Waals surface area contributed by atoms with Crippen molar-refractivity contribution in [3.05, 3.63) is 40.1 Å². The first-order chi connectivity index (χ1) is 6.74. The lowest BCUT2D eigenvalue weighted by Gasteiger charge is -2.06. The SMILES string of the molecule is CCc1nc(Cl)c2ccccc2c1Cl. The number of fused-ring (bicyclic) bond motifs is 1. The first-order valence-electron chi connectivity index (χ1n) is 4.46. The Kier molecular flexibility index (Phi) is 2.62. The number of aromatic nitrogens is 1. The third kappa shape index (κ3) is 1.47. The largest absolute Gasteiger partial charge is 0.239 e. The van der Waals surface area contributed by atoms with Crippen molar-refractivity contribution in [2.24, 2.45) is 0 Å². The van der Waals surface area contributed by atoms with Crippen molar-refractivity contribution in [2.45, 2.75) is 13.3 Å². The number of aryl methyl sites for hydroxylation is 1. The highest BCUT2D eigenvalue weighted by molar-refractivity contribution is 6.39. The number of pyridine rings is 1. The highest BCUT2D eigenvalue weighted by Gasteiger charge is 2.08. The Labute approximate surface area is 92.7 Å². The summed E-state index contributed by atoms with van der Waals surface area (Å²) in [5, 5.41) is 3.14. The van der Waals surface area contributed by atoms with Gasteiger partial charge in [-0.15, -0.1) is 0 Å².